The Labute approximate surface area is 236 Å². The summed E-state index contributed by atoms with van der Waals surface area (Å²) in [5.74, 6) is 2.16. The molecule has 0 bridgehead atoms. The summed E-state index contributed by atoms with van der Waals surface area (Å²) >= 11 is 0. The minimum absolute atomic E-state index is 0.0864. The number of oxazole rings is 2. The van der Waals surface area contributed by atoms with Crippen molar-refractivity contribution in [2.45, 2.75) is 39.1 Å². The Morgan fingerprint density at radius 3 is 1.68 bits per heavy atom. The molecule has 0 radical (unpaired) electrons. The standard InChI is InChI=1S/C31H30N4O6/c1-20-26(32-30(40-20)23-9-5-3-6-10-23)17-34(18-27-21(2)41-31(33-27)24-11-7-4-8-12-24)28(19-36)29(37)22-13-15-25(16-14-22)35(38)39/h3-16,28-29,36-37H,17-19H2,1-2H3. The highest BCUT2D eigenvalue weighted by molar-refractivity contribution is 5.54. The van der Waals surface area contributed by atoms with Crippen molar-refractivity contribution in [1.82, 2.24) is 14.9 Å². The van der Waals surface area contributed by atoms with Crippen LogP contribution in [0.2, 0.25) is 0 Å². The van der Waals surface area contributed by atoms with Crippen molar-refractivity contribution >= 4 is 5.69 Å². The molecular weight excluding hydrogens is 524 g/mol. The van der Waals surface area contributed by atoms with E-state index in [1.165, 1.54) is 24.3 Å². The summed E-state index contributed by atoms with van der Waals surface area (Å²) in [5.41, 5.74) is 3.29. The lowest BCUT2D eigenvalue weighted by molar-refractivity contribution is -0.384. The molecule has 2 aromatic heterocycles. The van der Waals surface area contributed by atoms with Crippen LogP contribution in [0.4, 0.5) is 5.69 Å². The quantitative estimate of drug-likeness (QED) is 0.157. The highest BCUT2D eigenvalue weighted by Gasteiger charge is 2.30. The Morgan fingerprint density at radius 1 is 0.805 bits per heavy atom. The van der Waals surface area contributed by atoms with Crippen molar-refractivity contribution in [3.63, 3.8) is 0 Å². The zero-order valence-corrected chi connectivity index (χ0v) is 22.7. The van der Waals surface area contributed by atoms with E-state index in [9.17, 15) is 20.3 Å². The van der Waals surface area contributed by atoms with E-state index in [0.29, 0.717) is 40.3 Å². The van der Waals surface area contributed by atoms with Crippen LogP contribution in [0, 0.1) is 24.0 Å². The summed E-state index contributed by atoms with van der Waals surface area (Å²) in [6, 6.07) is 23.9. The van der Waals surface area contributed by atoms with Crippen molar-refractivity contribution in [1.29, 1.82) is 0 Å². The van der Waals surface area contributed by atoms with Crippen molar-refractivity contribution in [2.24, 2.45) is 0 Å². The third-order valence-corrected chi connectivity index (χ3v) is 7.00. The molecule has 0 saturated heterocycles. The van der Waals surface area contributed by atoms with E-state index in [1.807, 2.05) is 79.4 Å². The van der Waals surface area contributed by atoms with E-state index in [1.54, 1.807) is 0 Å². The minimum Gasteiger partial charge on any atom is -0.441 e. The lowest BCUT2D eigenvalue weighted by Crippen LogP contribution is -2.42. The Kier molecular flexibility index (Phi) is 8.34. The lowest BCUT2D eigenvalue weighted by atomic mass is 10.0. The van der Waals surface area contributed by atoms with Gasteiger partial charge in [-0.05, 0) is 55.8 Å². The Balaban J connectivity index is 1.49. The Hall–Kier alpha value is -4.64. The largest absolute Gasteiger partial charge is 0.441 e. The second kappa shape index (κ2) is 12.3. The molecule has 0 fully saturated rings. The average Bonchev–Trinajstić information content (AvgIpc) is 3.55. The predicted molar refractivity (Wildman–Crippen MR) is 152 cm³/mol. The van der Waals surface area contributed by atoms with Crippen molar-refractivity contribution in [3.05, 3.63) is 124 Å². The first-order valence-electron chi connectivity index (χ1n) is 13.1. The average molecular weight is 555 g/mol. The van der Waals surface area contributed by atoms with Crippen LogP contribution in [0.25, 0.3) is 22.9 Å². The van der Waals surface area contributed by atoms with Crippen LogP contribution in [0.3, 0.4) is 0 Å². The predicted octanol–water partition coefficient (Wildman–Crippen LogP) is 5.62. The zero-order chi connectivity index (χ0) is 28.9. The fourth-order valence-electron chi connectivity index (χ4n) is 4.66. The van der Waals surface area contributed by atoms with Gasteiger partial charge in [0.25, 0.3) is 5.69 Å². The molecule has 2 N–H and O–H groups in total. The third-order valence-electron chi connectivity index (χ3n) is 7.00. The SMILES string of the molecule is Cc1oc(-c2ccccc2)nc1CN(Cc1nc(-c2ccccc2)oc1C)C(CO)C(O)c1ccc([N+](=O)[O-])cc1. The van der Waals surface area contributed by atoms with Crippen molar-refractivity contribution < 1.29 is 24.0 Å². The first kappa shape index (κ1) is 27.9. The van der Waals surface area contributed by atoms with E-state index in [-0.39, 0.29) is 18.8 Å². The summed E-state index contributed by atoms with van der Waals surface area (Å²) in [7, 11) is 0. The number of aliphatic hydroxyl groups is 2. The van der Waals surface area contributed by atoms with Crippen LogP contribution in [0.15, 0.2) is 93.8 Å². The monoisotopic (exact) mass is 554 g/mol. The molecule has 5 rings (SSSR count). The number of aliphatic hydroxyl groups excluding tert-OH is 2. The maximum atomic E-state index is 11.4. The number of non-ortho nitro benzene ring substituents is 1. The van der Waals surface area contributed by atoms with E-state index in [0.717, 1.165) is 11.1 Å². The van der Waals surface area contributed by atoms with Crippen LogP contribution < -0.4 is 0 Å². The number of rotatable bonds is 11. The molecule has 3 aromatic carbocycles. The van der Waals surface area contributed by atoms with Gasteiger partial charge in [-0.15, -0.1) is 0 Å². The normalized spacial score (nSPS) is 12.9. The molecule has 0 saturated carbocycles. The molecule has 0 spiro atoms. The maximum absolute atomic E-state index is 11.4. The van der Waals surface area contributed by atoms with Gasteiger partial charge in [0.2, 0.25) is 11.8 Å². The summed E-state index contributed by atoms with van der Waals surface area (Å²) in [6.07, 6.45) is -1.16. The van der Waals surface area contributed by atoms with Gasteiger partial charge in [-0.2, -0.15) is 0 Å². The third kappa shape index (κ3) is 6.25. The zero-order valence-electron chi connectivity index (χ0n) is 22.7. The van der Waals surface area contributed by atoms with Gasteiger partial charge in [0, 0.05) is 36.3 Å². The summed E-state index contributed by atoms with van der Waals surface area (Å²) in [5, 5.41) is 33.0. The first-order valence-corrected chi connectivity index (χ1v) is 13.1. The van der Waals surface area contributed by atoms with Crippen LogP contribution in [-0.4, -0.2) is 42.7 Å². The molecule has 2 heterocycles. The number of benzene rings is 3. The molecule has 210 valence electrons. The fourth-order valence-corrected chi connectivity index (χ4v) is 4.66. The number of aryl methyl sites for hydroxylation is 2. The van der Waals surface area contributed by atoms with Crippen molar-refractivity contribution in [3.8, 4) is 22.9 Å². The second-order valence-corrected chi connectivity index (χ2v) is 9.72. The van der Waals surface area contributed by atoms with Crippen LogP contribution in [0.1, 0.15) is 34.6 Å². The van der Waals surface area contributed by atoms with Crippen LogP contribution >= 0.6 is 0 Å². The van der Waals surface area contributed by atoms with Gasteiger partial charge in [0.15, 0.2) is 0 Å². The number of nitrogens with zero attached hydrogens (tertiary/aromatic N) is 4. The summed E-state index contributed by atoms with van der Waals surface area (Å²) in [4.78, 5) is 21.9. The molecule has 0 aliphatic heterocycles. The second-order valence-electron chi connectivity index (χ2n) is 9.72. The molecule has 41 heavy (non-hydrogen) atoms. The summed E-state index contributed by atoms with van der Waals surface area (Å²) < 4.78 is 11.9. The van der Waals surface area contributed by atoms with Crippen LogP contribution in [0.5, 0.6) is 0 Å². The smallest absolute Gasteiger partial charge is 0.269 e. The topological polar surface area (TPSA) is 139 Å². The molecule has 2 atom stereocenters. The van der Waals surface area contributed by atoms with Crippen molar-refractivity contribution in [2.75, 3.05) is 6.61 Å². The molecule has 10 heteroatoms. The van der Waals surface area contributed by atoms with E-state index in [2.05, 4.69) is 0 Å². The Bertz CT molecular complexity index is 1510. The fraction of sp³-hybridized carbons (Fsp3) is 0.226. The minimum atomic E-state index is -1.16. The number of nitro benzene ring substituents is 1. The highest BCUT2D eigenvalue weighted by atomic mass is 16.6. The van der Waals surface area contributed by atoms with Gasteiger partial charge < -0.3 is 19.0 Å². The highest BCUT2D eigenvalue weighted by Crippen LogP contribution is 2.30. The molecule has 2 unspecified atom stereocenters. The van der Waals surface area contributed by atoms with E-state index < -0.39 is 23.7 Å². The van der Waals surface area contributed by atoms with Gasteiger partial charge in [0.05, 0.1) is 35.1 Å². The molecule has 0 amide bonds. The van der Waals surface area contributed by atoms with Gasteiger partial charge in [-0.3, -0.25) is 15.0 Å². The number of hydrogen-bond donors (Lipinski definition) is 2. The molecular formula is C31H30N4O6. The van der Waals surface area contributed by atoms with Gasteiger partial charge >= 0.3 is 0 Å². The molecule has 0 aliphatic rings. The van der Waals surface area contributed by atoms with Gasteiger partial charge in [0.1, 0.15) is 11.5 Å². The number of nitro groups is 1. The molecule has 0 aliphatic carbocycles. The Morgan fingerprint density at radius 2 is 1.27 bits per heavy atom. The molecule has 5 aromatic rings. The van der Waals surface area contributed by atoms with Crippen LogP contribution in [-0.2, 0) is 13.1 Å². The number of aromatic nitrogens is 2. The van der Waals surface area contributed by atoms with Gasteiger partial charge in [-0.25, -0.2) is 9.97 Å². The van der Waals surface area contributed by atoms with Gasteiger partial charge in [-0.1, -0.05) is 36.4 Å². The maximum Gasteiger partial charge on any atom is 0.269 e. The van der Waals surface area contributed by atoms with E-state index >= 15 is 0 Å². The number of hydrogen-bond acceptors (Lipinski definition) is 9. The van der Waals surface area contributed by atoms with E-state index in [4.69, 9.17) is 18.8 Å². The first-order chi connectivity index (χ1) is 19.8. The molecule has 10 nitrogen and oxygen atoms in total. The summed E-state index contributed by atoms with van der Waals surface area (Å²) in [6.45, 7) is 3.70. The lowest BCUT2D eigenvalue weighted by Gasteiger charge is -2.33.